The molecule has 3 aliphatic heterocycles. The van der Waals surface area contributed by atoms with Gasteiger partial charge in [-0.3, -0.25) is 9.69 Å². The zero-order chi connectivity index (χ0) is 20.0. The van der Waals surface area contributed by atoms with Crippen LogP contribution in [-0.4, -0.2) is 61.7 Å². The monoisotopic (exact) mass is 397 g/mol. The van der Waals surface area contributed by atoms with Crippen LogP contribution >= 0.6 is 0 Å². The molecule has 2 aromatic heterocycles. The molecule has 0 aromatic carbocycles. The lowest BCUT2D eigenvalue weighted by atomic mass is 9.86. The van der Waals surface area contributed by atoms with E-state index in [1.165, 1.54) is 0 Å². The molecule has 1 atom stereocenters. The van der Waals surface area contributed by atoms with Crippen molar-refractivity contribution < 1.29 is 9.53 Å². The molecule has 1 spiro atoms. The average Bonchev–Trinajstić information content (AvgIpc) is 3.39. The van der Waals surface area contributed by atoms with E-state index < -0.39 is 0 Å². The van der Waals surface area contributed by atoms with Crippen LogP contribution in [0.25, 0.3) is 0 Å². The minimum Gasteiger partial charge on any atom is -0.377 e. The maximum Gasteiger partial charge on any atom is 0.247 e. The summed E-state index contributed by atoms with van der Waals surface area (Å²) in [7, 11) is 0. The zero-order valence-electron chi connectivity index (χ0n) is 17.0. The Bertz CT molecular complexity index is 954. The van der Waals surface area contributed by atoms with Crippen molar-refractivity contribution in [2.24, 2.45) is 0 Å². The molecule has 5 rings (SSSR count). The van der Waals surface area contributed by atoms with Crippen molar-refractivity contribution in [1.29, 1.82) is 0 Å². The van der Waals surface area contributed by atoms with Crippen molar-refractivity contribution in [3.63, 3.8) is 0 Å². The lowest BCUT2D eigenvalue weighted by Crippen LogP contribution is -2.60. The SMILES string of the molecule is CCn1nc(C)c(CN2CC3(CC(NC(=O)C4=CCOCC4)c4nccn43)C2)n1. The molecule has 3 aliphatic rings. The molecule has 1 amide bonds. The zero-order valence-corrected chi connectivity index (χ0v) is 17.0. The van der Waals surface area contributed by atoms with Crippen molar-refractivity contribution in [3.05, 3.63) is 41.3 Å². The number of ether oxygens (including phenoxy) is 1. The number of nitrogens with one attached hydrogen (secondary N) is 1. The van der Waals surface area contributed by atoms with E-state index in [2.05, 4.69) is 30.0 Å². The molecule has 1 fully saturated rings. The minimum atomic E-state index is -0.0499. The summed E-state index contributed by atoms with van der Waals surface area (Å²) in [6.07, 6.45) is 7.31. The Kier molecular flexibility index (Phi) is 4.51. The molecular weight excluding hydrogens is 370 g/mol. The Labute approximate surface area is 169 Å². The van der Waals surface area contributed by atoms with Gasteiger partial charge in [0.1, 0.15) is 5.82 Å². The van der Waals surface area contributed by atoms with E-state index in [9.17, 15) is 4.79 Å². The number of aryl methyl sites for hydroxylation is 2. The second-order valence-corrected chi connectivity index (χ2v) is 8.23. The first-order valence-corrected chi connectivity index (χ1v) is 10.3. The van der Waals surface area contributed by atoms with E-state index in [4.69, 9.17) is 4.74 Å². The number of carbonyl (C=O) groups excluding carboxylic acids is 1. The van der Waals surface area contributed by atoms with Crippen LogP contribution in [0.2, 0.25) is 0 Å². The number of amides is 1. The molecule has 1 saturated heterocycles. The number of likely N-dealkylation sites (tertiary alicyclic amines) is 1. The molecule has 2 aromatic rings. The summed E-state index contributed by atoms with van der Waals surface area (Å²) < 4.78 is 7.58. The third kappa shape index (κ3) is 3.18. The van der Waals surface area contributed by atoms with Gasteiger partial charge in [-0.1, -0.05) is 6.08 Å². The third-order valence-corrected chi connectivity index (χ3v) is 6.25. The second kappa shape index (κ2) is 7.07. The molecule has 0 saturated carbocycles. The number of imidazole rings is 1. The molecule has 0 aliphatic carbocycles. The maximum atomic E-state index is 12.7. The molecule has 1 unspecified atom stereocenters. The molecular formula is C20H27N7O2. The van der Waals surface area contributed by atoms with Crippen molar-refractivity contribution in [3.8, 4) is 0 Å². The highest BCUT2D eigenvalue weighted by Crippen LogP contribution is 2.44. The molecule has 5 heterocycles. The first-order valence-electron chi connectivity index (χ1n) is 10.3. The number of hydrogen-bond acceptors (Lipinski definition) is 6. The second-order valence-electron chi connectivity index (χ2n) is 8.23. The van der Waals surface area contributed by atoms with E-state index >= 15 is 0 Å². The standard InChI is InChI=1S/C20H27N7O2/c1-3-27-23-14(2)17(24-27)11-25-12-20(13-25)10-16(18-21-6-7-26(18)20)22-19(28)15-4-8-29-9-5-15/h4,6-7,16H,3,5,8-13H2,1-2H3,(H,22,28). The third-order valence-electron chi connectivity index (χ3n) is 6.25. The molecule has 0 bridgehead atoms. The number of carbonyl (C=O) groups is 1. The van der Waals surface area contributed by atoms with Gasteiger partial charge in [-0.05, 0) is 13.8 Å². The van der Waals surface area contributed by atoms with Gasteiger partial charge in [0.15, 0.2) is 0 Å². The predicted octanol–water partition coefficient (Wildman–Crippen LogP) is 0.922. The van der Waals surface area contributed by atoms with E-state index in [-0.39, 0.29) is 17.5 Å². The van der Waals surface area contributed by atoms with Crippen molar-refractivity contribution in [1.82, 2.24) is 34.8 Å². The molecule has 9 heteroatoms. The first kappa shape index (κ1) is 18.5. The lowest BCUT2D eigenvalue weighted by Gasteiger charge is -2.49. The quantitative estimate of drug-likeness (QED) is 0.807. The summed E-state index contributed by atoms with van der Waals surface area (Å²) in [5.74, 6) is 0.964. The van der Waals surface area contributed by atoms with Gasteiger partial charge in [-0.2, -0.15) is 15.0 Å². The molecule has 154 valence electrons. The maximum absolute atomic E-state index is 12.7. The Hall–Kier alpha value is -2.52. The van der Waals surface area contributed by atoms with Crippen LogP contribution in [0.3, 0.4) is 0 Å². The summed E-state index contributed by atoms with van der Waals surface area (Å²) >= 11 is 0. The van der Waals surface area contributed by atoms with Crippen molar-refractivity contribution in [2.45, 2.75) is 51.4 Å². The molecule has 0 radical (unpaired) electrons. The van der Waals surface area contributed by atoms with Gasteiger partial charge in [-0.15, -0.1) is 0 Å². The van der Waals surface area contributed by atoms with Gasteiger partial charge in [0, 0.05) is 50.4 Å². The van der Waals surface area contributed by atoms with Crippen molar-refractivity contribution in [2.75, 3.05) is 26.3 Å². The Morgan fingerprint density at radius 2 is 2.24 bits per heavy atom. The molecule has 1 N–H and O–H groups in total. The smallest absolute Gasteiger partial charge is 0.247 e. The lowest BCUT2D eigenvalue weighted by molar-refractivity contribution is -0.118. The van der Waals surface area contributed by atoms with Gasteiger partial charge >= 0.3 is 0 Å². The van der Waals surface area contributed by atoms with Gasteiger partial charge < -0.3 is 14.6 Å². The van der Waals surface area contributed by atoms with E-state index in [1.807, 2.05) is 32.3 Å². The van der Waals surface area contributed by atoms with Crippen LogP contribution in [-0.2, 0) is 28.2 Å². The highest BCUT2D eigenvalue weighted by atomic mass is 16.5. The molecule has 29 heavy (non-hydrogen) atoms. The fourth-order valence-corrected chi connectivity index (χ4v) is 4.79. The summed E-state index contributed by atoms with van der Waals surface area (Å²) in [6, 6.07) is -0.0499. The summed E-state index contributed by atoms with van der Waals surface area (Å²) in [6.45, 7) is 8.64. The molecule has 9 nitrogen and oxygen atoms in total. The van der Waals surface area contributed by atoms with Gasteiger partial charge in [0.05, 0.1) is 42.7 Å². The van der Waals surface area contributed by atoms with Gasteiger partial charge in [0.2, 0.25) is 5.91 Å². The highest BCUT2D eigenvalue weighted by molar-refractivity contribution is 5.93. The van der Waals surface area contributed by atoms with Crippen LogP contribution < -0.4 is 5.32 Å². The summed E-state index contributed by atoms with van der Waals surface area (Å²) in [4.78, 5) is 21.4. The van der Waals surface area contributed by atoms with E-state index in [1.54, 1.807) is 4.80 Å². The van der Waals surface area contributed by atoms with Crippen molar-refractivity contribution >= 4 is 5.91 Å². The van der Waals surface area contributed by atoms with E-state index in [0.29, 0.717) is 19.6 Å². The number of fused-ring (bicyclic) bond motifs is 2. The topological polar surface area (TPSA) is 90.1 Å². The van der Waals surface area contributed by atoms with Crippen LogP contribution in [0, 0.1) is 6.92 Å². The number of rotatable bonds is 5. The van der Waals surface area contributed by atoms with Crippen LogP contribution in [0.4, 0.5) is 0 Å². The summed E-state index contributed by atoms with van der Waals surface area (Å²) in [5, 5.41) is 12.2. The number of aromatic nitrogens is 5. The number of nitrogens with zero attached hydrogens (tertiary/aromatic N) is 6. The summed E-state index contributed by atoms with van der Waals surface area (Å²) in [5.41, 5.74) is 2.86. The van der Waals surface area contributed by atoms with Gasteiger partial charge in [-0.25, -0.2) is 4.98 Å². The van der Waals surface area contributed by atoms with Crippen LogP contribution in [0.5, 0.6) is 0 Å². The average molecular weight is 397 g/mol. The first-order chi connectivity index (χ1) is 14.1. The normalized spacial score (nSPS) is 23.0. The van der Waals surface area contributed by atoms with E-state index in [0.717, 1.165) is 55.4 Å². The van der Waals surface area contributed by atoms with Crippen LogP contribution in [0.15, 0.2) is 24.0 Å². The fraction of sp³-hybridized carbons (Fsp3) is 0.600. The minimum absolute atomic E-state index is 0.00247. The number of hydrogen-bond donors (Lipinski definition) is 1. The highest BCUT2D eigenvalue weighted by Gasteiger charge is 2.52. The van der Waals surface area contributed by atoms with Gasteiger partial charge in [0.25, 0.3) is 0 Å². The Morgan fingerprint density at radius 1 is 1.38 bits per heavy atom. The van der Waals surface area contributed by atoms with Crippen LogP contribution in [0.1, 0.15) is 43.0 Å². The predicted molar refractivity (Wildman–Crippen MR) is 105 cm³/mol. The largest absolute Gasteiger partial charge is 0.377 e. The Morgan fingerprint density at radius 3 is 2.97 bits per heavy atom. The Balaban J connectivity index is 1.26. The fourth-order valence-electron chi connectivity index (χ4n) is 4.79.